The van der Waals surface area contributed by atoms with E-state index in [2.05, 4.69) is 42.6 Å². The van der Waals surface area contributed by atoms with Crippen molar-refractivity contribution in [1.82, 2.24) is 5.32 Å². The van der Waals surface area contributed by atoms with Crippen LogP contribution < -0.4 is 10.1 Å². The third-order valence-electron chi connectivity index (χ3n) is 5.39. The van der Waals surface area contributed by atoms with E-state index >= 15 is 0 Å². The zero-order valence-corrected chi connectivity index (χ0v) is 18.4. The summed E-state index contributed by atoms with van der Waals surface area (Å²) >= 11 is 6.49. The van der Waals surface area contributed by atoms with Crippen LogP contribution in [0.3, 0.4) is 0 Å². The number of para-hydroxylation sites is 1. The maximum Gasteiger partial charge on any atom is 0.263 e. The first kappa shape index (κ1) is 19.8. The maximum absolute atomic E-state index is 12.5. The van der Waals surface area contributed by atoms with Crippen molar-refractivity contribution >= 4 is 40.0 Å². The second kappa shape index (κ2) is 8.17. The fourth-order valence-corrected chi connectivity index (χ4v) is 4.96. The van der Waals surface area contributed by atoms with Gasteiger partial charge in [-0.25, -0.2) is 0 Å². The van der Waals surface area contributed by atoms with Crippen molar-refractivity contribution in [2.45, 2.75) is 12.8 Å². The summed E-state index contributed by atoms with van der Waals surface area (Å²) in [6.45, 7) is 2.08. The average molecular weight is 442 g/mol. The molecule has 3 aromatic rings. The molecule has 0 spiro atoms. The average Bonchev–Trinajstić information content (AvgIpc) is 3.11. The topological polar surface area (TPSA) is 38.3 Å². The molecule has 1 N–H and O–H groups in total. The minimum atomic E-state index is -0.170. The predicted molar refractivity (Wildman–Crippen MR) is 130 cm³/mol. The lowest BCUT2D eigenvalue weighted by molar-refractivity contribution is -0.115. The lowest BCUT2D eigenvalue weighted by atomic mass is 9.81. The molecule has 1 fully saturated rings. The highest BCUT2D eigenvalue weighted by molar-refractivity contribution is 8.26. The first-order valence-corrected chi connectivity index (χ1v) is 11.2. The predicted octanol–water partition coefficient (Wildman–Crippen LogP) is 5.96. The Labute approximate surface area is 190 Å². The van der Waals surface area contributed by atoms with Crippen molar-refractivity contribution in [2.75, 3.05) is 0 Å². The quantitative estimate of drug-likeness (QED) is 0.402. The van der Waals surface area contributed by atoms with Crippen LogP contribution in [0.2, 0.25) is 0 Å². The van der Waals surface area contributed by atoms with E-state index in [-0.39, 0.29) is 11.8 Å². The molecule has 0 unspecified atom stereocenters. The zero-order valence-electron chi connectivity index (χ0n) is 16.8. The van der Waals surface area contributed by atoms with Crippen LogP contribution in [-0.2, 0) is 4.79 Å². The van der Waals surface area contributed by atoms with E-state index in [1.165, 1.54) is 17.3 Å². The minimum Gasteiger partial charge on any atom is -0.456 e. The molecule has 0 aliphatic carbocycles. The Balaban J connectivity index is 1.78. The highest BCUT2D eigenvalue weighted by Crippen LogP contribution is 2.47. The Morgan fingerprint density at radius 2 is 1.68 bits per heavy atom. The van der Waals surface area contributed by atoms with Gasteiger partial charge in [-0.1, -0.05) is 102 Å². The van der Waals surface area contributed by atoms with Crippen LogP contribution in [0, 0.1) is 6.92 Å². The van der Waals surface area contributed by atoms with Crippen LogP contribution in [0.25, 0.3) is 5.76 Å². The summed E-state index contributed by atoms with van der Waals surface area (Å²) in [4.78, 5) is 13.1. The Morgan fingerprint density at radius 1 is 0.968 bits per heavy atom. The van der Waals surface area contributed by atoms with E-state index in [0.717, 1.165) is 33.8 Å². The molecule has 2 aliphatic rings. The second-order valence-corrected chi connectivity index (χ2v) is 9.21. The number of fused-ring (bicyclic) bond motifs is 1. The molecule has 0 radical (unpaired) electrons. The van der Waals surface area contributed by atoms with Gasteiger partial charge in [0.15, 0.2) is 0 Å². The number of carbonyl (C=O) groups excluding carboxylic acids is 1. The Kier molecular flexibility index (Phi) is 5.22. The molecule has 1 saturated heterocycles. The molecule has 31 heavy (non-hydrogen) atoms. The number of hydrogen-bond acceptors (Lipinski definition) is 4. The first-order chi connectivity index (χ1) is 15.1. The van der Waals surface area contributed by atoms with Gasteiger partial charge in [-0.2, -0.15) is 0 Å². The van der Waals surface area contributed by atoms with Crippen LogP contribution >= 0.6 is 24.0 Å². The van der Waals surface area contributed by atoms with Crippen LogP contribution in [0.4, 0.5) is 0 Å². The highest BCUT2D eigenvalue weighted by Gasteiger charge is 2.32. The summed E-state index contributed by atoms with van der Waals surface area (Å²) in [5.41, 5.74) is 5.33. The summed E-state index contributed by atoms with van der Waals surface area (Å²) in [6, 6.07) is 26.6. The van der Waals surface area contributed by atoms with E-state index in [9.17, 15) is 4.79 Å². The Morgan fingerprint density at radius 3 is 2.39 bits per heavy atom. The molecule has 0 bridgehead atoms. The van der Waals surface area contributed by atoms with Gasteiger partial charge in [0, 0.05) is 22.6 Å². The monoisotopic (exact) mass is 441 g/mol. The van der Waals surface area contributed by atoms with Gasteiger partial charge in [0.1, 0.15) is 15.8 Å². The zero-order chi connectivity index (χ0) is 21.4. The molecular formula is C26H19NO2S2. The molecule has 2 heterocycles. The van der Waals surface area contributed by atoms with Crippen molar-refractivity contribution < 1.29 is 9.53 Å². The molecule has 0 aromatic heterocycles. The van der Waals surface area contributed by atoms with Gasteiger partial charge >= 0.3 is 0 Å². The van der Waals surface area contributed by atoms with Gasteiger partial charge in [0.25, 0.3) is 5.91 Å². The Bertz CT molecular complexity index is 1240. The summed E-state index contributed by atoms with van der Waals surface area (Å²) < 4.78 is 6.91. The molecule has 1 amide bonds. The fraction of sp³-hybridized carbons (Fsp3) is 0.0769. The summed E-state index contributed by atoms with van der Waals surface area (Å²) in [5.74, 6) is 1.34. The van der Waals surface area contributed by atoms with Crippen molar-refractivity contribution in [3.63, 3.8) is 0 Å². The molecule has 0 saturated carbocycles. The Hall–Kier alpha value is -3.15. The largest absolute Gasteiger partial charge is 0.456 e. The maximum atomic E-state index is 12.5. The van der Waals surface area contributed by atoms with Gasteiger partial charge in [0.2, 0.25) is 0 Å². The van der Waals surface area contributed by atoms with Crippen LogP contribution in [-0.4, -0.2) is 10.2 Å². The number of aryl methyl sites for hydroxylation is 1. The number of allylic oxidation sites excluding steroid dienone is 2. The lowest BCUT2D eigenvalue weighted by Crippen LogP contribution is -2.19. The third-order valence-corrected chi connectivity index (χ3v) is 6.55. The molecule has 2 aliphatic heterocycles. The van der Waals surface area contributed by atoms with E-state index in [0.29, 0.717) is 9.23 Å². The van der Waals surface area contributed by atoms with Gasteiger partial charge in [-0.05, 0) is 24.6 Å². The van der Waals surface area contributed by atoms with E-state index in [4.69, 9.17) is 17.0 Å². The van der Waals surface area contributed by atoms with Crippen molar-refractivity contribution in [3.05, 3.63) is 118 Å². The van der Waals surface area contributed by atoms with Crippen LogP contribution in [0.1, 0.15) is 28.2 Å². The standard InChI is InChI=1S/C26H19NO2S2/c1-16-11-13-17(14-12-16)23-19-9-5-6-10-21(19)29-24(18-7-3-2-4-8-18)20(23)15-22-25(28)27-26(30)31-22/h2-15,23H,1H3,(H,27,28,30)/b22-15-/t23-/m0/s1. The minimum absolute atomic E-state index is 0.0733. The molecular weight excluding hydrogens is 422 g/mol. The van der Waals surface area contributed by atoms with Gasteiger partial charge < -0.3 is 10.1 Å². The highest BCUT2D eigenvalue weighted by atomic mass is 32.2. The summed E-state index contributed by atoms with van der Waals surface area (Å²) in [5, 5.41) is 2.72. The normalized spacial score (nSPS) is 19.3. The first-order valence-electron chi connectivity index (χ1n) is 9.98. The SMILES string of the molecule is Cc1ccc([C@@H]2C(/C=C3\SC(=S)NC3=O)=C(c3ccccc3)Oc3ccccc32)cc1. The van der Waals surface area contributed by atoms with Crippen molar-refractivity contribution in [1.29, 1.82) is 0 Å². The number of benzene rings is 3. The number of ether oxygens (including phenoxy) is 1. The third kappa shape index (κ3) is 3.82. The van der Waals surface area contributed by atoms with E-state index in [1.807, 2.05) is 54.6 Å². The lowest BCUT2D eigenvalue weighted by Gasteiger charge is -2.30. The number of rotatable bonds is 3. The van der Waals surface area contributed by atoms with Crippen LogP contribution in [0.5, 0.6) is 5.75 Å². The molecule has 1 atom stereocenters. The van der Waals surface area contributed by atoms with Gasteiger partial charge in [0.05, 0.1) is 4.91 Å². The van der Waals surface area contributed by atoms with E-state index in [1.54, 1.807) is 0 Å². The molecule has 3 aromatic carbocycles. The van der Waals surface area contributed by atoms with E-state index < -0.39 is 0 Å². The number of hydrogen-bond donors (Lipinski definition) is 1. The summed E-state index contributed by atoms with van der Waals surface area (Å²) in [7, 11) is 0. The van der Waals surface area contributed by atoms with Gasteiger partial charge in [-0.15, -0.1) is 0 Å². The number of thioether (sulfide) groups is 1. The fourth-order valence-electron chi connectivity index (χ4n) is 3.92. The number of nitrogens with one attached hydrogen (secondary N) is 1. The van der Waals surface area contributed by atoms with Crippen LogP contribution in [0.15, 0.2) is 95.4 Å². The number of carbonyl (C=O) groups is 1. The molecule has 5 rings (SSSR count). The number of thiocarbonyl (C=S) groups is 1. The molecule has 5 heteroatoms. The smallest absolute Gasteiger partial charge is 0.263 e. The number of amides is 1. The molecule has 152 valence electrons. The second-order valence-electron chi connectivity index (χ2n) is 7.49. The molecule has 3 nitrogen and oxygen atoms in total. The van der Waals surface area contributed by atoms with Gasteiger partial charge in [-0.3, -0.25) is 4.79 Å². The summed E-state index contributed by atoms with van der Waals surface area (Å²) in [6.07, 6.45) is 1.93. The van der Waals surface area contributed by atoms with Crippen molar-refractivity contribution in [2.24, 2.45) is 0 Å². The van der Waals surface area contributed by atoms with Crippen molar-refractivity contribution in [3.8, 4) is 5.75 Å².